The van der Waals surface area contributed by atoms with E-state index < -0.39 is 0 Å². The number of ether oxygens (including phenoxy) is 1. The summed E-state index contributed by atoms with van der Waals surface area (Å²) in [5, 5.41) is 0. The van der Waals surface area contributed by atoms with E-state index in [9.17, 15) is 4.79 Å². The van der Waals surface area contributed by atoms with E-state index in [0.29, 0.717) is 17.9 Å². The first-order valence-corrected chi connectivity index (χ1v) is 9.70. The molecule has 3 aliphatic rings. The van der Waals surface area contributed by atoms with E-state index in [1.165, 1.54) is 5.56 Å². The maximum absolute atomic E-state index is 13.0. The number of morpholine rings is 1. The first-order chi connectivity index (χ1) is 12.1. The maximum atomic E-state index is 13.0. The van der Waals surface area contributed by atoms with Crippen molar-refractivity contribution in [2.45, 2.75) is 57.3 Å². The number of carbonyl (C=O) groups excluding carboxylic acids is 1. The van der Waals surface area contributed by atoms with Crippen LogP contribution in [-0.2, 0) is 9.53 Å². The summed E-state index contributed by atoms with van der Waals surface area (Å²) in [6.07, 6.45) is 7.53. The van der Waals surface area contributed by atoms with Crippen molar-refractivity contribution in [1.82, 2.24) is 14.8 Å². The average Bonchev–Trinajstić information content (AvgIpc) is 3.26. The van der Waals surface area contributed by atoms with E-state index in [4.69, 9.17) is 4.74 Å². The number of rotatable bonds is 4. The third-order valence-corrected chi connectivity index (χ3v) is 5.84. The van der Waals surface area contributed by atoms with Gasteiger partial charge in [0.15, 0.2) is 0 Å². The van der Waals surface area contributed by atoms with Gasteiger partial charge in [-0.05, 0) is 50.7 Å². The molecule has 0 radical (unpaired) electrons. The molecule has 0 unspecified atom stereocenters. The lowest BCUT2D eigenvalue weighted by molar-refractivity contribution is -0.134. The summed E-state index contributed by atoms with van der Waals surface area (Å²) in [7, 11) is 0. The van der Waals surface area contributed by atoms with Gasteiger partial charge in [-0.2, -0.15) is 0 Å². The third-order valence-electron chi connectivity index (χ3n) is 5.84. The van der Waals surface area contributed by atoms with Crippen LogP contribution in [0.25, 0.3) is 0 Å². The monoisotopic (exact) mass is 343 g/mol. The van der Waals surface area contributed by atoms with Crippen LogP contribution in [0.1, 0.15) is 44.6 Å². The Morgan fingerprint density at radius 2 is 2.12 bits per heavy atom. The molecule has 0 bridgehead atoms. The highest BCUT2D eigenvalue weighted by atomic mass is 16.5. The minimum Gasteiger partial charge on any atom is -0.373 e. The first kappa shape index (κ1) is 17.0. The van der Waals surface area contributed by atoms with E-state index >= 15 is 0 Å². The number of hydrogen-bond donors (Lipinski definition) is 0. The normalized spacial score (nSPS) is 35.8. The van der Waals surface area contributed by atoms with E-state index in [1.54, 1.807) is 6.20 Å². The number of likely N-dealkylation sites (tertiary alicyclic amines) is 1. The molecule has 3 fully saturated rings. The number of carbonyl (C=O) groups is 1. The Morgan fingerprint density at radius 1 is 1.32 bits per heavy atom. The molecule has 136 valence electrons. The van der Waals surface area contributed by atoms with Crippen LogP contribution < -0.4 is 0 Å². The standard InChI is InChI=1S/C20H29N3O2/c1-14-11-22(12-15(2)25-14)13-17-6-4-8-23(17)20(24)19-9-18(19)16-5-3-7-21-10-16/h3,5,7,10,14-15,17-19H,4,6,8-9,11-13H2,1-2H3/t14-,15+,17-,18-,19+/m0/s1. The van der Waals surface area contributed by atoms with Gasteiger partial charge in [0.2, 0.25) is 5.91 Å². The Bertz CT molecular complexity index is 598. The summed E-state index contributed by atoms with van der Waals surface area (Å²) in [6, 6.07) is 4.44. The molecule has 1 aliphatic carbocycles. The van der Waals surface area contributed by atoms with Crippen molar-refractivity contribution in [3.8, 4) is 0 Å². The van der Waals surface area contributed by atoms with E-state index in [-0.39, 0.29) is 18.1 Å². The Kier molecular flexibility index (Phi) is 4.78. The molecule has 4 rings (SSSR count). The summed E-state index contributed by atoms with van der Waals surface area (Å²) in [5.74, 6) is 0.920. The van der Waals surface area contributed by atoms with Crippen LogP contribution in [0, 0.1) is 5.92 Å². The number of amides is 1. The summed E-state index contributed by atoms with van der Waals surface area (Å²) in [5.41, 5.74) is 1.22. The van der Waals surface area contributed by atoms with E-state index in [0.717, 1.165) is 45.4 Å². The number of pyridine rings is 1. The van der Waals surface area contributed by atoms with Gasteiger partial charge in [0, 0.05) is 50.5 Å². The molecule has 0 spiro atoms. The third kappa shape index (κ3) is 3.72. The molecule has 3 heterocycles. The van der Waals surface area contributed by atoms with Crippen molar-refractivity contribution in [3.63, 3.8) is 0 Å². The van der Waals surface area contributed by atoms with Crippen LogP contribution in [0.3, 0.4) is 0 Å². The van der Waals surface area contributed by atoms with Gasteiger partial charge in [-0.1, -0.05) is 6.07 Å². The molecule has 2 saturated heterocycles. The second-order valence-electron chi connectivity index (χ2n) is 8.04. The average molecular weight is 343 g/mol. The lowest BCUT2D eigenvalue weighted by Crippen LogP contribution is -2.51. The van der Waals surface area contributed by atoms with Crippen LogP contribution in [0.4, 0.5) is 0 Å². The molecule has 5 nitrogen and oxygen atoms in total. The van der Waals surface area contributed by atoms with Crippen molar-refractivity contribution in [2.24, 2.45) is 5.92 Å². The smallest absolute Gasteiger partial charge is 0.226 e. The lowest BCUT2D eigenvalue weighted by atomic mass is 10.1. The van der Waals surface area contributed by atoms with Crippen LogP contribution in [-0.4, -0.2) is 65.1 Å². The highest BCUT2D eigenvalue weighted by molar-refractivity contribution is 5.83. The van der Waals surface area contributed by atoms with E-state index in [2.05, 4.69) is 34.7 Å². The van der Waals surface area contributed by atoms with Crippen molar-refractivity contribution in [1.29, 1.82) is 0 Å². The second kappa shape index (κ2) is 7.04. The van der Waals surface area contributed by atoms with Crippen molar-refractivity contribution in [3.05, 3.63) is 30.1 Å². The molecule has 2 aliphatic heterocycles. The summed E-state index contributed by atoms with van der Waals surface area (Å²) < 4.78 is 5.84. The molecule has 0 aromatic carbocycles. The van der Waals surface area contributed by atoms with Gasteiger partial charge in [-0.15, -0.1) is 0 Å². The summed E-state index contributed by atoms with van der Waals surface area (Å²) in [6.45, 7) is 8.16. The largest absolute Gasteiger partial charge is 0.373 e. The topological polar surface area (TPSA) is 45.7 Å². The van der Waals surface area contributed by atoms with Crippen molar-refractivity contribution in [2.75, 3.05) is 26.2 Å². The fourth-order valence-corrected chi connectivity index (χ4v) is 4.69. The Labute approximate surface area is 150 Å². The van der Waals surface area contributed by atoms with Gasteiger partial charge in [-0.25, -0.2) is 0 Å². The predicted molar refractivity (Wildman–Crippen MR) is 96.3 cm³/mol. The van der Waals surface area contributed by atoms with Crippen LogP contribution in [0.2, 0.25) is 0 Å². The second-order valence-corrected chi connectivity index (χ2v) is 8.04. The van der Waals surface area contributed by atoms with Crippen LogP contribution in [0.5, 0.6) is 0 Å². The molecular formula is C20H29N3O2. The fraction of sp³-hybridized carbons (Fsp3) is 0.700. The minimum absolute atomic E-state index is 0.173. The van der Waals surface area contributed by atoms with Crippen LogP contribution in [0.15, 0.2) is 24.5 Å². The molecule has 1 saturated carbocycles. The molecule has 1 aromatic rings. The molecular weight excluding hydrogens is 314 g/mol. The molecule has 1 amide bonds. The Hall–Kier alpha value is -1.46. The minimum atomic E-state index is 0.173. The number of aromatic nitrogens is 1. The Morgan fingerprint density at radius 3 is 2.84 bits per heavy atom. The van der Waals surface area contributed by atoms with Crippen molar-refractivity contribution >= 4 is 5.91 Å². The molecule has 5 atom stereocenters. The zero-order valence-electron chi connectivity index (χ0n) is 15.3. The fourth-order valence-electron chi connectivity index (χ4n) is 4.69. The van der Waals surface area contributed by atoms with Gasteiger partial charge < -0.3 is 9.64 Å². The van der Waals surface area contributed by atoms with Gasteiger partial charge in [0.1, 0.15) is 0 Å². The maximum Gasteiger partial charge on any atom is 0.226 e. The Balaban J connectivity index is 1.36. The van der Waals surface area contributed by atoms with E-state index in [1.807, 2.05) is 12.3 Å². The quantitative estimate of drug-likeness (QED) is 0.841. The first-order valence-electron chi connectivity index (χ1n) is 9.70. The van der Waals surface area contributed by atoms with Gasteiger partial charge in [0.05, 0.1) is 12.2 Å². The van der Waals surface area contributed by atoms with Gasteiger partial charge in [-0.3, -0.25) is 14.7 Å². The zero-order valence-corrected chi connectivity index (χ0v) is 15.3. The summed E-state index contributed by atoms with van der Waals surface area (Å²) >= 11 is 0. The molecule has 5 heteroatoms. The molecule has 25 heavy (non-hydrogen) atoms. The predicted octanol–water partition coefficient (Wildman–Crippen LogP) is 2.29. The zero-order chi connectivity index (χ0) is 17.4. The van der Waals surface area contributed by atoms with Crippen molar-refractivity contribution < 1.29 is 9.53 Å². The van der Waals surface area contributed by atoms with Gasteiger partial charge in [0.25, 0.3) is 0 Å². The van der Waals surface area contributed by atoms with Gasteiger partial charge >= 0.3 is 0 Å². The molecule has 0 N–H and O–H groups in total. The lowest BCUT2D eigenvalue weighted by Gasteiger charge is -2.38. The highest BCUT2D eigenvalue weighted by Crippen LogP contribution is 2.48. The molecule has 1 aromatic heterocycles. The highest BCUT2D eigenvalue weighted by Gasteiger charge is 2.47. The summed E-state index contributed by atoms with van der Waals surface area (Å²) in [4.78, 5) is 21.9. The number of hydrogen-bond acceptors (Lipinski definition) is 4. The SMILES string of the molecule is C[C@@H]1CN(C[C@@H]2CCCN2C(=O)[C@@H]2C[C@H]2c2cccnc2)C[C@H](C)O1. The van der Waals surface area contributed by atoms with Crippen LogP contribution >= 0.6 is 0 Å². The number of nitrogens with zero attached hydrogens (tertiary/aromatic N) is 3.